The molecule has 1 heterocycles. The second-order valence-corrected chi connectivity index (χ2v) is 10.5. The lowest BCUT2D eigenvalue weighted by Gasteiger charge is -2.26. The third-order valence-corrected chi connectivity index (χ3v) is 6.72. The number of nitrogens with one attached hydrogen (secondary N) is 4. The highest BCUT2D eigenvalue weighted by atomic mass is 16.4. The van der Waals surface area contributed by atoms with Gasteiger partial charge in [0.2, 0.25) is 17.7 Å². The second-order valence-electron chi connectivity index (χ2n) is 10.5. The number of carboxylic acids is 1. The third-order valence-electron chi connectivity index (χ3n) is 6.72. The van der Waals surface area contributed by atoms with E-state index >= 15 is 0 Å². The first-order valence-electron chi connectivity index (χ1n) is 13.4. The van der Waals surface area contributed by atoms with Gasteiger partial charge in [-0.3, -0.25) is 14.4 Å². The number of carbonyl (C=O) groups excluding carboxylic acids is 3. The number of carboxylic acid groups (broad SMARTS) is 1. The molecule has 0 aliphatic carbocycles. The fraction of sp³-hybridized carbons (Fsp3) is 0.448. The van der Waals surface area contributed by atoms with Gasteiger partial charge in [-0.25, -0.2) is 4.79 Å². The van der Waals surface area contributed by atoms with E-state index in [1.54, 1.807) is 24.3 Å². The highest BCUT2D eigenvalue weighted by molar-refractivity contribution is 5.94. The van der Waals surface area contributed by atoms with Crippen LogP contribution in [0, 0.1) is 5.92 Å². The summed E-state index contributed by atoms with van der Waals surface area (Å²) in [4.78, 5) is 51.6. The molecule has 0 radical (unpaired) electrons. The SMILES string of the molecule is CC(C)CC(NC(=O)C(Cc1ccc(O)cc1)NC(=O)C1CCCN1)C(=O)NC(Cc1ccc(O)cc1)C(=O)O. The van der Waals surface area contributed by atoms with Crippen molar-refractivity contribution in [1.29, 1.82) is 0 Å². The fourth-order valence-electron chi connectivity index (χ4n) is 4.57. The number of rotatable bonds is 13. The Morgan fingerprint density at radius 3 is 1.77 bits per heavy atom. The van der Waals surface area contributed by atoms with E-state index in [2.05, 4.69) is 21.3 Å². The number of hydrogen-bond donors (Lipinski definition) is 7. The molecule has 0 saturated carbocycles. The molecule has 1 saturated heterocycles. The van der Waals surface area contributed by atoms with Crippen LogP contribution in [0.4, 0.5) is 0 Å². The van der Waals surface area contributed by atoms with Crippen LogP contribution >= 0.6 is 0 Å². The van der Waals surface area contributed by atoms with E-state index in [1.165, 1.54) is 24.3 Å². The Kier molecular flexibility index (Phi) is 10.9. The summed E-state index contributed by atoms with van der Waals surface area (Å²) in [6.07, 6.45) is 1.85. The Bertz CT molecular complexity index is 1160. The molecule has 3 amide bonds. The molecule has 0 spiro atoms. The molecule has 1 aliphatic heterocycles. The van der Waals surface area contributed by atoms with Crippen molar-refractivity contribution in [3.63, 3.8) is 0 Å². The summed E-state index contributed by atoms with van der Waals surface area (Å²) in [6, 6.07) is 8.55. The largest absolute Gasteiger partial charge is 0.508 e. The lowest BCUT2D eigenvalue weighted by atomic mass is 9.99. The van der Waals surface area contributed by atoms with Crippen molar-refractivity contribution in [2.45, 2.75) is 70.1 Å². The smallest absolute Gasteiger partial charge is 0.326 e. The van der Waals surface area contributed by atoms with Crippen LogP contribution in [0.1, 0.15) is 44.2 Å². The van der Waals surface area contributed by atoms with Crippen LogP contribution in [0.25, 0.3) is 0 Å². The molecule has 7 N–H and O–H groups in total. The number of aromatic hydroxyl groups is 2. The molecule has 1 aliphatic rings. The van der Waals surface area contributed by atoms with Crippen LogP contribution in [0.2, 0.25) is 0 Å². The molecule has 2 aromatic rings. The van der Waals surface area contributed by atoms with Gasteiger partial charge < -0.3 is 36.6 Å². The molecule has 4 unspecified atom stereocenters. The Balaban J connectivity index is 1.75. The van der Waals surface area contributed by atoms with Crippen molar-refractivity contribution < 1.29 is 34.5 Å². The van der Waals surface area contributed by atoms with E-state index in [0.717, 1.165) is 6.42 Å². The minimum absolute atomic E-state index is 0.00995. The molecule has 0 aromatic heterocycles. The number of aliphatic carboxylic acids is 1. The molecule has 4 atom stereocenters. The van der Waals surface area contributed by atoms with Crippen molar-refractivity contribution in [2.75, 3.05) is 6.54 Å². The van der Waals surface area contributed by atoms with E-state index in [1.807, 2.05) is 13.8 Å². The van der Waals surface area contributed by atoms with Gasteiger partial charge in [0, 0.05) is 12.8 Å². The molecular formula is C29H38N4O7. The average Bonchev–Trinajstić information content (AvgIpc) is 3.45. The summed E-state index contributed by atoms with van der Waals surface area (Å²) in [5, 5.41) is 40.0. The maximum Gasteiger partial charge on any atom is 0.326 e. The van der Waals surface area contributed by atoms with Crippen molar-refractivity contribution in [3.8, 4) is 11.5 Å². The summed E-state index contributed by atoms with van der Waals surface area (Å²) < 4.78 is 0. The van der Waals surface area contributed by atoms with Crippen LogP contribution in [0.3, 0.4) is 0 Å². The zero-order valence-corrected chi connectivity index (χ0v) is 22.7. The van der Waals surface area contributed by atoms with Gasteiger partial charge in [0.1, 0.15) is 29.6 Å². The Morgan fingerprint density at radius 1 is 0.800 bits per heavy atom. The predicted octanol–water partition coefficient (Wildman–Crippen LogP) is 1.22. The summed E-state index contributed by atoms with van der Waals surface area (Å²) >= 11 is 0. The van der Waals surface area contributed by atoms with E-state index in [-0.39, 0.29) is 42.6 Å². The topological polar surface area (TPSA) is 177 Å². The van der Waals surface area contributed by atoms with Crippen molar-refractivity contribution in [2.24, 2.45) is 5.92 Å². The zero-order valence-electron chi connectivity index (χ0n) is 22.7. The van der Waals surface area contributed by atoms with Crippen molar-refractivity contribution in [1.82, 2.24) is 21.3 Å². The van der Waals surface area contributed by atoms with Gasteiger partial charge in [0.25, 0.3) is 0 Å². The Morgan fingerprint density at radius 2 is 1.30 bits per heavy atom. The molecule has 0 bridgehead atoms. The van der Waals surface area contributed by atoms with Gasteiger partial charge >= 0.3 is 5.97 Å². The molecule has 2 aromatic carbocycles. The fourth-order valence-corrected chi connectivity index (χ4v) is 4.57. The average molecular weight is 555 g/mol. The first-order valence-corrected chi connectivity index (χ1v) is 13.4. The third kappa shape index (κ3) is 9.26. The summed E-state index contributed by atoms with van der Waals surface area (Å²) in [5.41, 5.74) is 1.30. The molecule has 216 valence electrons. The van der Waals surface area contributed by atoms with Crippen LogP contribution in [0.15, 0.2) is 48.5 Å². The van der Waals surface area contributed by atoms with Crippen LogP contribution in [0.5, 0.6) is 11.5 Å². The van der Waals surface area contributed by atoms with Crippen LogP contribution in [-0.2, 0) is 32.0 Å². The molecule has 40 heavy (non-hydrogen) atoms. The van der Waals surface area contributed by atoms with Crippen LogP contribution < -0.4 is 21.3 Å². The predicted molar refractivity (Wildman–Crippen MR) is 148 cm³/mol. The maximum atomic E-state index is 13.5. The number of phenols is 2. The van der Waals surface area contributed by atoms with Gasteiger partial charge in [0.15, 0.2) is 0 Å². The van der Waals surface area contributed by atoms with Crippen molar-refractivity contribution >= 4 is 23.7 Å². The first kappa shape index (κ1) is 30.4. The Hall–Kier alpha value is -4.12. The van der Waals surface area contributed by atoms with Gasteiger partial charge in [-0.15, -0.1) is 0 Å². The number of hydrogen-bond acceptors (Lipinski definition) is 7. The number of phenolic OH excluding ortho intramolecular Hbond substituents is 2. The van der Waals surface area contributed by atoms with Gasteiger partial charge in [-0.1, -0.05) is 38.1 Å². The molecule has 11 heteroatoms. The summed E-state index contributed by atoms with van der Waals surface area (Å²) in [6.45, 7) is 4.45. The molecule has 1 fully saturated rings. The number of amides is 3. The van der Waals surface area contributed by atoms with Gasteiger partial charge in [-0.2, -0.15) is 0 Å². The number of carbonyl (C=O) groups is 4. The maximum absolute atomic E-state index is 13.5. The normalized spacial score (nSPS) is 17.0. The lowest BCUT2D eigenvalue weighted by Crippen LogP contribution is -2.58. The van der Waals surface area contributed by atoms with E-state index in [4.69, 9.17) is 0 Å². The second kappa shape index (κ2) is 14.3. The standard InChI is InChI=1S/C29H38N4O7/c1-17(2)14-23(27(37)33-25(29(39)40)16-19-7-11-21(35)12-8-19)31-28(38)24(15-18-5-9-20(34)10-6-18)32-26(36)22-4-3-13-30-22/h5-12,17,22-25,30,34-35H,3-4,13-16H2,1-2H3,(H,31,38)(H,32,36)(H,33,37)(H,39,40). The Labute approximate surface area is 233 Å². The monoisotopic (exact) mass is 554 g/mol. The summed E-state index contributed by atoms with van der Waals surface area (Å²) in [5.74, 6) is -2.69. The zero-order chi connectivity index (χ0) is 29.2. The number of benzene rings is 2. The van der Waals surface area contributed by atoms with Gasteiger partial charge in [-0.05, 0) is 67.1 Å². The van der Waals surface area contributed by atoms with E-state index < -0.39 is 42.0 Å². The van der Waals surface area contributed by atoms with Crippen molar-refractivity contribution in [3.05, 3.63) is 59.7 Å². The summed E-state index contributed by atoms with van der Waals surface area (Å²) in [7, 11) is 0. The highest BCUT2D eigenvalue weighted by Crippen LogP contribution is 2.15. The minimum atomic E-state index is -1.26. The lowest BCUT2D eigenvalue weighted by molar-refractivity contribution is -0.142. The highest BCUT2D eigenvalue weighted by Gasteiger charge is 2.32. The van der Waals surface area contributed by atoms with E-state index in [9.17, 15) is 34.5 Å². The molecule has 11 nitrogen and oxygen atoms in total. The first-order chi connectivity index (χ1) is 19.0. The molecule has 3 rings (SSSR count). The quantitative estimate of drug-likeness (QED) is 0.193. The minimum Gasteiger partial charge on any atom is -0.508 e. The van der Waals surface area contributed by atoms with Gasteiger partial charge in [0.05, 0.1) is 6.04 Å². The molecular weight excluding hydrogens is 516 g/mol. The van der Waals surface area contributed by atoms with Crippen LogP contribution in [-0.4, -0.2) is 69.7 Å². The van der Waals surface area contributed by atoms with E-state index in [0.29, 0.717) is 24.1 Å².